The summed E-state index contributed by atoms with van der Waals surface area (Å²) in [4.78, 5) is 14.7. The lowest BCUT2D eigenvalue weighted by Crippen LogP contribution is -2.22. The molecule has 0 saturated carbocycles. The Labute approximate surface area is 143 Å². The molecule has 0 fully saturated rings. The summed E-state index contributed by atoms with van der Waals surface area (Å²) < 4.78 is 5.49. The van der Waals surface area contributed by atoms with E-state index in [0.29, 0.717) is 6.61 Å². The molecule has 2 aromatic rings. The van der Waals surface area contributed by atoms with Gasteiger partial charge in [0.15, 0.2) is 0 Å². The Morgan fingerprint density at radius 3 is 2.38 bits per heavy atom. The van der Waals surface area contributed by atoms with Crippen molar-refractivity contribution in [2.75, 3.05) is 6.54 Å². The van der Waals surface area contributed by atoms with E-state index in [-0.39, 0.29) is 12.0 Å². The van der Waals surface area contributed by atoms with E-state index in [1.54, 1.807) is 0 Å². The molecule has 124 valence electrons. The van der Waals surface area contributed by atoms with Gasteiger partial charge in [0.2, 0.25) is 0 Å². The lowest BCUT2D eigenvalue weighted by atomic mass is 10.1. The Morgan fingerprint density at radius 1 is 1.08 bits per heavy atom. The zero-order valence-electron chi connectivity index (χ0n) is 14.2. The molecule has 1 aliphatic heterocycles. The number of nitrogens with zero attached hydrogens (tertiary/aromatic N) is 1. The molecule has 0 spiro atoms. The molecule has 3 heteroatoms. The molecule has 0 N–H and O–H groups in total. The highest BCUT2D eigenvalue weighted by atomic mass is 16.5. The molecule has 24 heavy (non-hydrogen) atoms. The first-order valence-electron chi connectivity index (χ1n) is 8.39. The summed E-state index contributed by atoms with van der Waals surface area (Å²) >= 11 is 0. The molecule has 0 aromatic heterocycles. The van der Waals surface area contributed by atoms with E-state index < -0.39 is 0 Å². The highest BCUT2D eigenvalue weighted by Gasteiger charge is 2.28. The Balaban J connectivity index is 1.67. The van der Waals surface area contributed by atoms with Gasteiger partial charge < -0.3 is 9.64 Å². The quantitative estimate of drug-likeness (QED) is 0.761. The molecule has 0 bridgehead atoms. The van der Waals surface area contributed by atoms with Gasteiger partial charge in [0.25, 0.3) is 0 Å². The number of carbonyl (C=O) groups excluding carboxylic acids is 1. The van der Waals surface area contributed by atoms with Crippen molar-refractivity contribution in [2.45, 2.75) is 32.9 Å². The number of allylic oxidation sites excluding steroid dienone is 1. The second-order valence-corrected chi connectivity index (χ2v) is 6.16. The predicted octanol–water partition coefficient (Wildman–Crippen LogP) is 4.47. The van der Waals surface area contributed by atoms with Crippen LogP contribution >= 0.6 is 0 Å². The maximum absolute atomic E-state index is 12.4. The first-order chi connectivity index (χ1) is 11.7. The van der Waals surface area contributed by atoms with E-state index in [1.807, 2.05) is 43.3 Å². The molecule has 1 heterocycles. The summed E-state index contributed by atoms with van der Waals surface area (Å²) in [6.07, 6.45) is 0.747. The third kappa shape index (κ3) is 3.51. The molecule has 3 rings (SSSR count). The number of ether oxygens (including phenoxy) is 1. The minimum absolute atomic E-state index is 0.195. The second-order valence-electron chi connectivity index (χ2n) is 6.16. The van der Waals surface area contributed by atoms with Crippen LogP contribution < -0.4 is 0 Å². The Hall–Kier alpha value is -2.55. The zero-order valence-corrected chi connectivity index (χ0v) is 14.2. The van der Waals surface area contributed by atoms with Crippen molar-refractivity contribution >= 4 is 5.97 Å². The number of rotatable bonds is 5. The van der Waals surface area contributed by atoms with Crippen molar-refractivity contribution in [1.29, 1.82) is 0 Å². The van der Waals surface area contributed by atoms with Crippen molar-refractivity contribution in [1.82, 2.24) is 4.90 Å². The van der Waals surface area contributed by atoms with Crippen molar-refractivity contribution in [3.05, 3.63) is 83.1 Å². The van der Waals surface area contributed by atoms with E-state index in [1.165, 1.54) is 5.56 Å². The van der Waals surface area contributed by atoms with E-state index in [2.05, 4.69) is 36.1 Å². The lowest BCUT2D eigenvalue weighted by molar-refractivity contribution is -0.140. The van der Waals surface area contributed by atoms with Crippen LogP contribution in [0.15, 0.2) is 71.9 Å². The van der Waals surface area contributed by atoms with Crippen LogP contribution in [-0.2, 0) is 16.1 Å². The summed E-state index contributed by atoms with van der Waals surface area (Å²) in [5, 5.41) is 0. The number of carbonyl (C=O) groups is 1. The van der Waals surface area contributed by atoms with Crippen LogP contribution in [0.25, 0.3) is 0 Å². The van der Waals surface area contributed by atoms with Crippen LogP contribution in [0, 0.1) is 0 Å². The third-order valence-electron chi connectivity index (χ3n) is 4.68. The number of esters is 1. The van der Waals surface area contributed by atoms with Crippen LogP contribution in [0.1, 0.15) is 37.4 Å². The van der Waals surface area contributed by atoms with Gasteiger partial charge in [-0.15, -0.1) is 0 Å². The fourth-order valence-electron chi connectivity index (χ4n) is 3.21. The first kappa shape index (κ1) is 16.3. The van der Waals surface area contributed by atoms with Crippen LogP contribution in [0.4, 0.5) is 0 Å². The highest BCUT2D eigenvalue weighted by molar-refractivity contribution is 5.89. The van der Waals surface area contributed by atoms with Crippen molar-refractivity contribution in [2.24, 2.45) is 0 Å². The normalized spacial score (nSPS) is 15.5. The van der Waals surface area contributed by atoms with Gasteiger partial charge >= 0.3 is 5.97 Å². The van der Waals surface area contributed by atoms with E-state index >= 15 is 0 Å². The van der Waals surface area contributed by atoms with E-state index in [0.717, 1.165) is 29.8 Å². The molecule has 1 atom stereocenters. The molecule has 0 amide bonds. The van der Waals surface area contributed by atoms with Gasteiger partial charge in [-0.05, 0) is 31.4 Å². The van der Waals surface area contributed by atoms with Gasteiger partial charge in [-0.1, -0.05) is 60.7 Å². The molecule has 0 unspecified atom stereocenters. The molecule has 3 nitrogen and oxygen atoms in total. The van der Waals surface area contributed by atoms with E-state index in [4.69, 9.17) is 4.74 Å². The molecular weight excluding hydrogens is 298 g/mol. The summed E-state index contributed by atoms with van der Waals surface area (Å²) in [7, 11) is 0. The highest BCUT2D eigenvalue weighted by Crippen LogP contribution is 2.32. The summed E-state index contributed by atoms with van der Waals surface area (Å²) in [6, 6.07) is 20.4. The molecule has 0 aliphatic carbocycles. The Kier molecular flexibility index (Phi) is 4.99. The molecular formula is C21H23NO2. The monoisotopic (exact) mass is 321 g/mol. The van der Waals surface area contributed by atoms with Crippen molar-refractivity contribution in [3.63, 3.8) is 0 Å². The van der Waals surface area contributed by atoms with Gasteiger partial charge in [-0.2, -0.15) is 0 Å². The van der Waals surface area contributed by atoms with Crippen LogP contribution in [0.5, 0.6) is 0 Å². The maximum atomic E-state index is 12.4. The van der Waals surface area contributed by atoms with Gasteiger partial charge in [-0.3, -0.25) is 0 Å². The van der Waals surface area contributed by atoms with Crippen LogP contribution in [0.2, 0.25) is 0 Å². The Bertz CT molecular complexity index is 722. The molecule has 0 radical (unpaired) electrons. The average molecular weight is 321 g/mol. The first-order valence-corrected chi connectivity index (χ1v) is 8.39. The molecule has 1 aliphatic rings. The minimum Gasteiger partial charge on any atom is -0.457 e. The largest absolute Gasteiger partial charge is 0.457 e. The SMILES string of the molecule is CC1=C(C(=O)OCc2ccccc2)CCN1[C@H](C)c1ccccc1. The fourth-order valence-corrected chi connectivity index (χ4v) is 3.21. The standard InChI is InChI=1S/C21H23NO2/c1-16(19-11-7-4-8-12-19)22-14-13-20(17(22)2)21(23)24-15-18-9-5-3-6-10-18/h3-12,16H,13-15H2,1-2H3/t16-/m1/s1. The van der Waals surface area contributed by atoms with Gasteiger partial charge in [0.1, 0.15) is 6.61 Å². The third-order valence-corrected chi connectivity index (χ3v) is 4.68. The van der Waals surface area contributed by atoms with Crippen molar-refractivity contribution < 1.29 is 9.53 Å². The number of hydrogen-bond donors (Lipinski definition) is 0. The summed E-state index contributed by atoms with van der Waals surface area (Å²) in [5.41, 5.74) is 4.10. The van der Waals surface area contributed by atoms with Crippen LogP contribution in [0.3, 0.4) is 0 Å². The minimum atomic E-state index is -0.195. The number of benzene rings is 2. The molecule has 2 aromatic carbocycles. The smallest absolute Gasteiger partial charge is 0.336 e. The Morgan fingerprint density at radius 2 is 1.71 bits per heavy atom. The lowest BCUT2D eigenvalue weighted by Gasteiger charge is -2.28. The predicted molar refractivity (Wildman–Crippen MR) is 95.1 cm³/mol. The summed E-state index contributed by atoms with van der Waals surface area (Å²) in [5.74, 6) is -0.195. The van der Waals surface area contributed by atoms with E-state index in [9.17, 15) is 4.79 Å². The fraction of sp³-hybridized carbons (Fsp3) is 0.286. The topological polar surface area (TPSA) is 29.5 Å². The van der Waals surface area contributed by atoms with Gasteiger partial charge in [0.05, 0.1) is 11.6 Å². The maximum Gasteiger partial charge on any atom is 0.336 e. The zero-order chi connectivity index (χ0) is 16.9. The summed E-state index contributed by atoms with van der Waals surface area (Å²) in [6.45, 7) is 5.38. The van der Waals surface area contributed by atoms with Gasteiger partial charge in [0, 0.05) is 12.2 Å². The number of hydrogen-bond acceptors (Lipinski definition) is 3. The van der Waals surface area contributed by atoms with Crippen LogP contribution in [-0.4, -0.2) is 17.4 Å². The van der Waals surface area contributed by atoms with Crippen molar-refractivity contribution in [3.8, 4) is 0 Å². The second kappa shape index (κ2) is 7.35. The molecule has 0 saturated heterocycles. The average Bonchev–Trinajstić information content (AvgIpc) is 3.02. The van der Waals surface area contributed by atoms with Gasteiger partial charge in [-0.25, -0.2) is 4.79 Å².